The number of hydrogen-bond acceptors (Lipinski definition) is 4. The zero-order chi connectivity index (χ0) is 18.0. The van der Waals surface area contributed by atoms with Crippen LogP contribution < -0.4 is 14.8 Å². The van der Waals surface area contributed by atoms with E-state index in [0.29, 0.717) is 13.2 Å². The maximum atomic E-state index is 5.95. The van der Waals surface area contributed by atoms with Gasteiger partial charge in [-0.25, -0.2) is 0 Å². The molecule has 4 nitrogen and oxygen atoms in total. The Morgan fingerprint density at radius 3 is 2.29 bits per heavy atom. The van der Waals surface area contributed by atoms with Crippen molar-refractivity contribution in [3.63, 3.8) is 0 Å². The molecule has 1 aromatic heterocycles. The fraction of sp³-hybridized carbons (Fsp3) is 0.227. The van der Waals surface area contributed by atoms with E-state index in [1.807, 2.05) is 61.7 Å². The molecule has 1 N–H and O–H groups in total. The summed E-state index contributed by atoms with van der Waals surface area (Å²) in [6, 6.07) is 22.1. The molecule has 0 fully saturated rings. The quantitative estimate of drug-likeness (QED) is 0.516. The fourth-order valence-corrected chi connectivity index (χ4v) is 2.62. The summed E-state index contributed by atoms with van der Waals surface area (Å²) >= 11 is 0. The van der Waals surface area contributed by atoms with E-state index in [4.69, 9.17) is 9.47 Å². The number of aromatic nitrogens is 1. The summed E-state index contributed by atoms with van der Waals surface area (Å²) in [5, 5.41) is 3.41. The zero-order valence-corrected chi connectivity index (χ0v) is 17.5. The summed E-state index contributed by atoms with van der Waals surface area (Å²) in [4.78, 5) is 4.32. The molecule has 150 valence electrons. The molecule has 0 aliphatic heterocycles. The van der Waals surface area contributed by atoms with Crippen molar-refractivity contribution >= 4 is 24.8 Å². The van der Waals surface area contributed by atoms with Crippen LogP contribution in [-0.4, -0.2) is 11.6 Å². The van der Waals surface area contributed by atoms with E-state index in [2.05, 4.69) is 28.5 Å². The number of nitrogens with zero attached hydrogens (tertiary/aromatic N) is 1. The molecule has 0 bridgehead atoms. The molecule has 3 aromatic rings. The summed E-state index contributed by atoms with van der Waals surface area (Å²) in [7, 11) is 0. The van der Waals surface area contributed by atoms with Gasteiger partial charge >= 0.3 is 0 Å². The number of pyridine rings is 1. The van der Waals surface area contributed by atoms with Crippen LogP contribution in [0.5, 0.6) is 11.5 Å². The molecular formula is C22H26Cl2N2O2. The Bertz CT molecular complexity index is 802. The molecule has 0 spiro atoms. The molecule has 0 unspecified atom stereocenters. The molecular weight excluding hydrogens is 395 g/mol. The second kappa shape index (κ2) is 13.0. The van der Waals surface area contributed by atoms with E-state index in [0.717, 1.165) is 41.4 Å². The minimum absolute atomic E-state index is 0. The third kappa shape index (κ3) is 7.39. The summed E-state index contributed by atoms with van der Waals surface area (Å²) in [5.41, 5.74) is 3.31. The van der Waals surface area contributed by atoms with Gasteiger partial charge in [0, 0.05) is 19.3 Å². The standard InChI is InChI=1S/C22H24N2O2.2ClH/c1-2-25-22-14-19(15-23-16-20-10-6-7-13-24-20)11-12-21(22)26-17-18-8-4-3-5-9-18;;/h3-14,23H,2,15-17H2,1H3;2*1H. The number of rotatable bonds is 9. The second-order valence-electron chi connectivity index (χ2n) is 5.91. The molecule has 0 saturated heterocycles. The first-order chi connectivity index (χ1) is 12.8. The number of ether oxygens (including phenoxy) is 2. The predicted octanol–water partition coefficient (Wildman–Crippen LogP) is 5.19. The summed E-state index contributed by atoms with van der Waals surface area (Å²) in [5.74, 6) is 1.55. The van der Waals surface area contributed by atoms with Gasteiger partial charge in [0.2, 0.25) is 0 Å². The Balaban J connectivity index is 0.00000196. The van der Waals surface area contributed by atoms with Crippen molar-refractivity contribution in [2.75, 3.05) is 6.61 Å². The van der Waals surface area contributed by atoms with E-state index in [1.54, 1.807) is 0 Å². The van der Waals surface area contributed by atoms with Gasteiger partial charge in [0.15, 0.2) is 11.5 Å². The van der Waals surface area contributed by atoms with Crippen LogP contribution in [0.4, 0.5) is 0 Å². The first-order valence-corrected chi connectivity index (χ1v) is 8.88. The number of benzene rings is 2. The average molecular weight is 421 g/mol. The zero-order valence-electron chi connectivity index (χ0n) is 15.8. The molecule has 1 heterocycles. The largest absolute Gasteiger partial charge is 0.490 e. The fourth-order valence-electron chi connectivity index (χ4n) is 2.62. The lowest BCUT2D eigenvalue weighted by Crippen LogP contribution is -2.13. The Hall–Kier alpha value is -2.27. The van der Waals surface area contributed by atoms with Gasteiger partial charge in [0.25, 0.3) is 0 Å². The number of nitrogens with one attached hydrogen (secondary N) is 1. The highest BCUT2D eigenvalue weighted by atomic mass is 35.5. The van der Waals surface area contributed by atoms with Crippen LogP contribution in [0.15, 0.2) is 72.9 Å². The van der Waals surface area contributed by atoms with Gasteiger partial charge in [-0.05, 0) is 42.3 Å². The Morgan fingerprint density at radius 1 is 0.786 bits per heavy atom. The number of hydrogen-bond donors (Lipinski definition) is 1. The normalized spacial score (nSPS) is 9.75. The minimum atomic E-state index is 0. The van der Waals surface area contributed by atoms with E-state index < -0.39 is 0 Å². The van der Waals surface area contributed by atoms with Crippen molar-refractivity contribution in [1.29, 1.82) is 0 Å². The highest BCUT2D eigenvalue weighted by Gasteiger charge is 2.07. The van der Waals surface area contributed by atoms with Crippen LogP contribution in [0.3, 0.4) is 0 Å². The lowest BCUT2D eigenvalue weighted by molar-refractivity contribution is 0.269. The lowest BCUT2D eigenvalue weighted by atomic mass is 10.2. The van der Waals surface area contributed by atoms with Crippen molar-refractivity contribution in [1.82, 2.24) is 10.3 Å². The van der Waals surface area contributed by atoms with E-state index in [1.165, 1.54) is 0 Å². The molecule has 6 heteroatoms. The van der Waals surface area contributed by atoms with Gasteiger partial charge < -0.3 is 14.8 Å². The minimum Gasteiger partial charge on any atom is -0.490 e. The van der Waals surface area contributed by atoms with Crippen molar-refractivity contribution in [3.05, 3.63) is 89.7 Å². The smallest absolute Gasteiger partial charge is 0.161 e. The molecule has 2 aromatic carbocycles. The van der Waals surface area contributed by atoms with Gasteiger partial charge in [0.1, 0.15) is 6.61 Å². The summed E-state index contributed by atoms with van der Waals surface area (Å²) in [6.07, 6.45) is 1.81. The Labute approximate surface area is 179 Å². The third-order valence-corrected chi connectivity index (χ3v) is 3.91. The van der Waals surface area contributed by atoms with Crippen molar-refractivity contribution in [2.45, 2.75) is 26.6 Å². The van der Waals surface area contributed by atoms with Gasteiger partial charge in [-0.15, -0.1) is 24.8 Å². The molecule has 0 radical (unpaired) electrons. The lowest BCUT2D eigenvalue weighted by Gasteiger charge is -2.14. The van der Waals surface area contributed by atoms with E-state index in [-0.39, 0.29) is 24.8 Å². The van der Waals surface area contributed by atoms with Crippen molar-refractivity contribution in [3.8, 4) is 11.5 Å². The molecule has 0 saturated carbocycles. The van der Waals surface area contributed by atoms with Crippen LogP contribution in [0.2, 0.25) is 0 Å². The van der Waals surface area contributed by atoms with Crippen molar-refractivity contribution in [2.24, 2.45) is 0 Å². The number of halogens is 2. The molecule has 0 amide bonds. The van der Waals surface area contributed by atoms with E-state index in [9.17, 15) is 0 Å². The van der Waals surface area contributed by atoms with Crippen LogP contribution in [-0.2, 0) is 19.7 Å². The highest BCUT2D eigenvalue weighted by molar-refractivity contribution is 5.85. The van der Waals surface area contributed by atoms with Gasteiger partial charge in [-0.3, -0.25) is 4.98 Å². The highest BCUT2D eigenvalue weighted by Crippen LogP contribution is 2.29. The SMILES string of the molecule is CCOc1cc(CNCc2ccccn2)ccc1OCc1ccccc1.Cl.Cl. The predicted molar refractivity (Wildman–Crippen MR) is 118 cm³/mol. The monoisotopic (exact) mass is 420 g/mol. The molecule has 28 heavy (non-hydrogen) atoms. The topological polar surface area (TPSA) is 43.4 Å². The third-order valence-electron chi connectivity index (χ3n) is 3.91. The van der Waals surface area contributed by atoms with Gasteiger partial charge in [0.05, 0.1) is 12.3 Å². The summed E-state index contributed by atoms with van der Waals surface area (Å²) in [6.45, 7) is 4.59. The van der Waals surface area contributed by atoms with Crippen LogP contribution in [0, 0.1) is 0 Å². The Kier molecular flexibility index (Phi) is 11.0. The van der Waals surface area contributed by atoms with Crippen LogP contribution in [0.1, 0.15) is 23.7 Å². The Morgan fingerprint density at radius 2 is 1.57 bits per heavy atom. The van der Waals surface area contributed by atoms with Crippen LogP contribution in [0.25, 0.3) is 0 Å². The summed E-state index contributed by atoms with van der Waals surface area (Å²) < 4.78 is 11.7. The molecule has 0 aliphatic carbocycles. The second-order valence-corrected chi connectivity index (χ2v) is 5.91. The van der Waals surface area contributed by atoms with Gasteiger partial charge in [-0.2, -0.15) is 0 Å². The maximum absolute atomic E-state index is 5.95. The van der Waals surface area contributed by atoms with E-state index >= 15 is 0 Å². The first kappa shape index (κ1) is 23.8. The van der Waals surface area contributed by atoms with Crippen molar-refractivity contribution < 1.29 is 9.47 Å². The first-order valence-electron chi connectivity index (χ1n) is 8.88. The molecule has 0 aliphatic rings. The maximum Gasteiger partial charge on any atom is 0.161 e. The average Bonchev–Trinajstić information content (AvgIpc) is 2.69. The molecule has 3 rings (SSSR count). The van der Waals surface area contributed by atoms with Crippen LogP contribution >= 0.6 is 24.8 Å². The molecule has 0 atom stereocenters. The van der Waals surface area contributed by atoms with Gasteiger partial charge in [-0.1, -0.05) is 42.5 Å².